The van der Waals surface area contributed by atoms with Crippen molar-refractivity contribution in [2.75, 3.05) is 24.0 Å². The summed E-state index contributed by atoms with van der Waals surface area (Å²) < 4.78 is 18.1. The molecular formula is C53H44N2O3. The Morgan fingerprint density at radius 3 is 1.28 bits per heavy atom. The van der Waals surface area contributed by atoms with Gasteiger partial charge in [0.15, 0.2) is 0 Å². The van der Waals surface area contributed by atoms with Crippen molar-refractivity contribution in [1.29, 1.82) is 0 Å². The van der Waals surface area contributed by atoms with E-state index in [2.05, 4.69) is 181 Å². The lowest BCUT2D eigenvalue weighted by Gasteiger charge is -2.26. The SMILES string of the molecule is CCc1ccc(-c2cccc(N(c3cccc(OC)c3)c3ccc4c(c3)oc3cc(N(c5cccc(OC)c5)c5cccc(-c6ccc(C)cc6)c5)ccc34)c2)cc1. The summed E-state index contributed by atoms with van der Waals surface area (Å²) in [5, 5.41) is 2.10. The summed E-state index contributed by atoms with van der Waals surface area (Å²) in [4.78, 5) is 4.52. The van der Waals surface area contributed by atoms with Crippen LogP contribution in [0.2, 0.25) is 0 Å². The first-order valence-electron chi connectivity index (χ1n) is 19.7. The van der Waals surface area contributed by atoms with Gasteiger partial charge in [0.1, 0.15) is 22.7 Å². The Kier molecular flexibility index (Phi) is 9.86. The van der Waals surface area contributed by atoms with Gasteiger partial charge in [-0.2, -0.15) is 0 Å². The lowest BCUT2D eigenvalue weighted by Crippen LogP contribution is -2.10. The first-order valence-corrected chi connectivity index (χ1v) is 19.7. The highest BCUT2D eigenvalue weighted by Gasteiger charge is 2.20. The lowest BCUT2D eigenvalue weighted by molar-refractivity contribution is 0.415. The fourth-order valence-electron chi connectivity index (χ4n) is 7.75. The summed E-state index contributed by atoms with van der Waals surface area (Å²) in [7, 11) is 3.41. The first kappa shape index (κ1) is 36.4. The van der Waals surface area contributed by atoms with Gasteiger partial charge in [0.05, 0.1) is 14.2 Å². The molecule has 1 heterocycles. The molecule has 0 fully saturated rings. The zero-order valence-corrected chi connectivity index (χ0v) is 33.1. The predicted molar refractivity (Wildman–Crippen MR) is 241 cm³/mol. The second-order valence-electron chi connectivity index (χ2n) is 14.6. The highest BCUT2D eigenvalue weighted by molar-refractivity contribution is 6.07. The molecule has 0 saturated heterocycles. The Morgan fingerprint density at radius 1 is 0.414 bits per heavy atom. The zero-order chi connectivity index (χ0) is 39.6. The molecule has 8 aromatic carbocycles. The second kappa shape index (κ2) is 15.7. The maximum absolute atomic E-state index is 6.78. The van der Waals surface area contributed by atoms with Crippen LogP contribution in [0.1, 0.15) is 18.1 Å². The minimum atomic E-state index is 0.787. The molecule has 284 valence electrons. The molecule has 0 spiro atoms. The van der Waals surface area contributed by atoms with Crippen molar-refractivity contribution < 1.29 is 13.9 Å². The van der Waals surface area contributed by atoms with Gasteiger partial charge in [-0.1, -0.05) is 97.4 Å². The fraction of sp³-hybridized carbons (Fsp3) is 0.0943. The number of furan rings is 1. The molecule has 0 bridgehead atoms. The maximum atomic E-state index is 6.78. The van der Waals surface area contributed by atoms with E-state index >= 15 is 0 Å². The van der Waals surface area contributed by atoms with Crippen LogP contribution in [-0.4, -0.2) is 14.2 Å². The normalized spacial score (nSPS) is 11.2. The number of methoxy groups -OCH3 is 2. The van der Waals surface area contributed by atoms with Crippen LogP contribution < -0.4 is 19.3 Å². The number of hydrogen-bond donors (Lipinski definition) is 0. The van der Waals surface area contributed by atoms with Gasteiger partial charge in [-0.3, -0.25) is 0 Å². The third-order valence-corrected chi connectivity index (χ3v) is 10.9. The Labute approximate surface area is 340 Å². The van der Waals surface area contributed by atoms with Crippen molar-refractivity contribution in [3.63, 3.8) is 0 Å². The minimum Gasteiger partial charge on any atom is -0.497 e. The van der Waals surface area contributed by atoms with Crippen LogP contribution in [-0.2, 0) is 6.42 Å². The highest BCUT2D eigenvalue weighted by atomic mass is 16.5. The Hall–Kier alpha value is -7.24. The summed E-state index contributed by atoms with van der Waals surface area (Å²) in [5.41, 5.74) is 14.8. The number of rotatable bonds is 11. The van der Waals surface area contributed by atoms with E-state index in [1.165, 1.54) is 22.3 Å². The molecule has 0 N–H and O–H groups in total. The van der Waals surface area contributed by atoms with Gasteiger partial charge in [0.2, 0.25) is 0 Å². The van der Waals surface area contributed by atoms with E-state index < -0.39 is 0 Å². The van der Waals surface area contributed by atoms with Crippen LogP contribution in [0.3, 0.4) is 0 Å². The second-order valence-corrected chi connectivity index (χ2v) is 14.6. The van der Waals surface area contributed by atoms with Gasteiger partial charge >= 0.3 is 0 Å². The Morgan fingerprint density at radius 2 is 0.828 bits per heavy atom. The summed E-state index contributed by atoms with van der Waals surface area (Å²) in [6.07, 6.45) is 1.01. The lowest BCUT2D eigenvalue weighted by atomic mass is 10.0. The van der Waals surface area contributed by atoms with Crippen LogP contribution in [0.25, 0.3) is 44.2 Å². The molecule has 1 aromatic heterocycles. The third-order valence-electron chi connectivity index (χ3n) is 10.9. The molecule has 58 heavy (non-hydrogen) atoms. The van der Waals surface area contributed by atoms with Crippen molar-refractivity contribution in [3.8, 4) is 33.8 Å². The van der Waals surface area contributed by atoms with Crippen molar-refractivity contribution >= 4 is 56.1 Å². The monoisotopic (exact) mass is 756 g/mol. The van der Waals surface area contributed by atoms with Gasteiger partial charge in [-0.25, -0.2) is 0 Å². The summed E-state index contributed by atoms with van der Waals surface area (Å²) >= 11 is 0. The quantitative estimate of drug-likeness (QED) is 0.131. The first-order chi connectivity index (χ1) is 28.5. The number of anilines is 6. The number of ether oxygens (including phenoxy) is 2. The topological polar surface area (TPSA) is 38.1 Å². The molecule has 0 atom stereocenters. The molecule has 0 amide bonds. The zero-order valence-electron chi connectivity index (χ0n) is 33.1. The van der Waals surface area contributed by atoms with E-state index in [0.29, 0.717) is 0 Å². The molecule has 0 saturated carbocycles. The molecule has 0 aliphatic heterocycles. The average molecular weight is 757 g/mol. The van der Waals surface area contributed by atoms with Crippen molar-refractivity contribution in [1.82, 2.24) is 0 Å². The van der Waals surface area contributed by atoms with Crippen LogP contribution in [0.4, 0.5) is 34.1 Å². The highest BCUT2D eigenvalue weighted by Crippen LogP contribution is 2.43. The molecule has 0 radical (unpaired) electrons. The summed E-state index contributed by atoms with van der Waals surface area (Å²) in [6.45, 7) is 4.30. The smallest absolute Gasteiger partial charge is 0.137 e. The van der Waals surface area contributed by atoms with Gasteiger partial charge < -0.3 is 23.7 Å². The van der Waals surface area contributed by atoms with Crippen LogP contribution in [0.5, 0.6) is 11.5 Å². The molecule has 0 aliphatic carbocycles. The number of nitrogens with zero attached hydrogens (tertiary/aromatic N) is 2. The minimum absolute atomic E-state index is 0.787. The summed E-state index contributed by atoms with van der Waals surface area (Å²) in [5.74, 6) is 1.58. The van der Waals surface area contributed by atoms with Crippen molar-refractivity contribution in [3.05, 3.63) is 193 Å². The van der Waals surface area contributed by atoms with Crippen LogP contribution >= 0.6 is 0 Å². The van der Waals surface area contributed by atoms with Crippen LogP contribution in [0, 0.1) is 6.92 Å². The third kappa shape index (κ3) is 7.15. The van der Waals surface area contributed by atoms with Crippen LogP contribution in [0.15, 0.2) is 186 Å². The number of aryl methyl sites for hydroxylation is 2. The molecule has 5 nitrogen and oxygen atoms in total. The Balaban J connectivity index is 1.15. The molecule has 9 aromatic rings. The Bertz CT molecular complexity index is 2880. The molecule has 9 rings (SSSR count). The van der Waals surface area contributed by atoms with Crippen molar-refractivity contribution in [2.24, 2.45) is 0 Å². The molecule has 5 heteroatoms. The van der Waals surface area contributed by atoms with E-state index in [9.17, 15) is 0 Å². The van der Waals surface area contributed by atoms with Crippen molar-refractivity contribution in [2.45, 2.75) is 20.3 Å². The molecular weight excluding hydrogens is 713 g/mol. The number of fused-ring (bicyclic) bond motifs is 3. The molecule has 0 aliphatic rings. The van der Waals surface area contributed by atoms with Gasteiger partial charge in [-0.05, 0) is 114 Å². The molecule has 0 unspecified atom stereocenters. The van der Waals surface area contributed by atoms with Gasteiger partial charge in [0.25, 0.3) is 0 Å². The number of hydrogen-bond acceptors (Lipinski definition) is 5. The van der Waals surface area contributed by atoms with E-state index in [1.807, 2.05) is 24.3 Å². The maximum Gasteiger partial charge on any atom is 0.137 e. The average Bonchev–Trinajstić information content (AvgIpc) is 3.64. The predicted octanol–water partition coefficient (Wildman–Crippen LogP) is 14.7. The van der Waals surface area contributed by atoms with E-state index in [1.54, 1.807) is 14.2 Å². The summed E-state index contributed by atoms with van der Waals surface area (Å²) in [6, 6.07) is 64.2. The van der Waals surface area contributed by atoms with E-state index in [4.69, 9.17) is 13.9 Å². The standard InChI is InChI=1S/C53H44N2O3/c1-5-37-20-24-39(25-21-37)41-11-7-13-43(31-41)55(45-15-9-17-49(33-45)57-4)47-27-29-51-50-28-26-46(34-52(50)58-53(51)35-47)54(44-14-8-16-48(32-44)56-3)42-12-6-10-40(30-42)38-22-18-36(2)19-23-38/h6-35H,5H2,1-4H3. The largest absolute Gasteiger partial charge is 0.497 e. The van der Waals surface area contributed by atoms with Gasteiger partial charge in [-0.15, -0.1) is 0 Å². The van der Waals surface area contributed by atoms with Gasteiger partial charge in [0, 0.05) is 69.2 Å². The van der Waals surface area contributed by atoms with E-state index in [0.717, 1.165) is 85.1 Å². The van der Waals surface area contributed by atoms with E-state index in [-0.39, 0.29) is 0 Å². The number of benzene rings is 8. The fourth-order valence-corrected chi connectivity index (χ4v) is 7.75.